The lowest BCUT2D eigenvalue weighted by atomic mass is 10.1. The van der Waals surface area contributed by atoms with E-state index < -0.39 is 6.17 Å². The molecule has 0 unspecified atom stereocenters. The third-order valence-electron chi connectivity index (χ3n) is 3.35. The molecule has 1 aliphatic heterocycles. The van der Waals surface area contributed by atoms with E-state index in [9.17, 15) is 4.39 Å². The summed E-state index contributed by atoms with van der Waals surface area (Å²) in [7, 11) is 1.90. The van der Waals surface area contributed by atoms with Gasteiger partial charge in [0.2, 0.25) is 0 Å². The van der Waals surface area contributed by atoms with E-state index in [4.69, 9.17) is 4.74 Å². The first-order valence-electron chi connectivity index (χ1n) is 6.17. The molecule has 0 amide bonds. The number of rotatable bonds is 2. The minimum atomic E-state index is -0.941. The minimum Gasteiger partial charge on any atom is -0.487 e. The standard InChI is InChI=1S/C13H16FN3O/c1-17-12-3-2-10(6-9(12)7-16-17)18-13-4-5-15-8-11(13)14/h2-3,6-7,11,13,15H,4-5,8H2,1H3/t11-,13+/m1/s1. The zero-order valence-corrected chi connectivity index (χ0v) is 10.3. The van der Waals surface area contributed by atoms with Crippen molar-refractivity contribution in [2.24, 2.45) is 7.05 Å². The molecule has 1 aromatic carbocycles. The zero-order chi connectivity index (χ0) is 12.5. The largest absolute Gasteiger partial charge is 0.487 e. The summed E-state index contributed by atoms with van der Waals surface area (Å²) in [6.07, 6.45) is 1.20. The Balaban J connectivity index is 1.81. The van der Waals surface area contributed by atoms with Crippen LogP contribution in [0, 0.1) is 0 Å². The number of piperidine rings is 1. The van der Waals surface area contributed by atoms with Gasteiger partial charge in [0.05, 0.1) is 11.7 Å². The molecule has 0 spiro atoms. The molecule has 96 valence electrons. The molecule has 0 radical (unpaired) electrons. The minimum absolute atomic E-state index is 0.347. The van der Waals surface area contributed by atoms with Gasteiger partial charge in [-0.1, -0.05) is 0 Å². The molecule has 1 aliphatic rings. The first kappa shape index (κ1) is 11.5. The maximum absolute atomic E-state index is 13.6. The van der Waals surface area contributed by atoms with Crippen LogP contribution < -0.4 is 10.1 Å². The molecule has 1 aromatic heterocycles. The van der Waals surface area contributed by atoms with Crippen LogP contribution in [0.15, 0.2) is 24.4 Å². The quantitative estimate of drug-likeness (QED) is 0.879. The van der Waals surface area contributed by atoms with Crippen LogP contribution in [0.5, 0.6) is 5.75 Å². The molecule has 3 rings (SSSR count). The molecule has 0 bridgehead atoms. The SMILES string of the molecule is Cn1ncc2cc(O[C@H]3CCNC[C@H]3F)ccc21. The van der Waals surface area contributed by atoms with Crippen molar-refractivity contribution in [3.05, 3.63) is 24.4 Å². The Morgan fingerprint density at radius 1 is 1.50 bits per heavy atom. The summed E-state index contributed by atoms with van der Waals surface area (Å²) in [5.74, 6) is 0.713. The maximum atomic E-state index is 13.6. The van der Waals surface area contributed by atoms with Crippen molar-refractivity contribution in [2.75, 3.05) is 13.1 Å². The van der Waals surface area contributed by atoms with E-state index in [2.05, 4.69) is 10.4 Å². The van der Waals surface area contributed by atoms with Gasteiger partial charge in [-0.05, 0) is 31.2 Å². The van der Waals surface area contributed by atoms with Crippen molar-refractivity contribution in [3.8, 4) is 5.75 Å². The molecule has 2 heterocycles. The highest BCUT2D eigenvalue weighted by molar-refractivity contribution is 5.80. The Morgan fingerprint density at radius 3 is 3.22 bits per heavy atom. The molecule has 18 heavy (non-hydrogen) atoms. The van der Waals surface area contributed by atoms with Crippen molar-refractivity contribution in [2.45, 2.75) is 18.7 Å². The Hall–Kier alpha value is -1.62. The second-order valence-electron chi connectivity index (χ2n) is 4.65. The topological polar surface area (TPSA) is 39.1 Å². The molecule has 2 aromatic rings. The monoisotopic (exact) mass is 249 g/mol. The van der Waals surface area contributed by atoms with Crippen molar-refractivity contribution >= 4 is 10.9 Å². The van der Waals surface area contributed by atoms with Crippen molar-refractivity contribution in [1.29, 1.82) is 0 Å². The zero-order valence-electron chi connectivity index (χ0n) is 10.3. The Kier molecular flexibility index (Phi) is 2.91. The first-order chi connectivity index (χ1) is 8.74. The predicted molar refractivity (Wildman–Crippen MR) is 67.5 cm³/mol. The smallest absolute Gasteiger partial charge is 0.149 e. The van der Waals surface area contributed by atoms with Gasteiger partial charge in [0.25, 0.3) is 0 Å². The van der Waals surface area contributed by atoms with Gasteiger partial charge in [-0.2, -0.15) is 5.10 Å². The molecular formula is C13H16FN3O. The van der Waals surface area contributed by atoms with Crippen LogP contribution in [0.3, 0.4) is 0 Å². The van der Waals surface area contributed by atoms with Gasteiger partial charge >= 0.3 is 0 Å². The molecule has 2 atom stereocenters. The third kappa shape index (κ3) is 2.06. The number of benzene rings is 1. The lowest BCUT2D eigenvalue weighted by Gasteiger charge is -2.27. The summed E-state index contributed by atoms with van der Waals surface area (Å²) in [4.78, 5) is 0. The summed E-state index contributed by atoms with van der Waals surface area (Å²) in [6.45, 7) is 1.18. The van der Waals surface area contributed by atoms with E-state index >= 15 is 0 Å². The molecule has 0 saturated carbocycles. The van der Waals surface area contributed by atoms with E-state index in [-0.39, 0.29) is 6.10 Å². The van der Waals surface area contributed by atoms with Crippen LogP contribution in [0.4, 0.5) is 4.39 Å². The van der Waals surface area contributed by atoms with Crippen LogP contribution in [-0.2, 0) is 7.05 Å². The summed E-state index contributed by atoms with van der Waals surface area (Å²) in [5.41, 5.74) is 1.05. The van der Waals surface area contributed by atoms with Crippen LogP contribution in [0.1, 0.15) is 6.42 Å². The van der Waals surface area contributed by atoms with Crippen LogP contribution in [0.2, 0.25) is 0 Å². The molecule has 5 heteroatoms. The van der Waals surface area contributed by atoms with E-state index in [1.165, 1.54) is 0 Å². The molecular weight excluding hydrogens is 233 g/mol. The van der Waals surface area contributed by atoms with Gasteiger partial charge in [0.1, 0.15) is 18.0 Å². The van der Waals surface area contributed by atoms with E-state index in [0.717, 1.165) is 17.4 Å². The maximum Gasteiger partial charge on any atom is 0.149 e. The fraction of sp³-hybridized carbons (Fsp3) is 0.462. The number of halogens is 1. The number of aryl methyl sites for hydroxylation is 1. The normalized spacial score (nSPS) is 24.3. The van der Waals surface area contributed by atoms with Gasteiger partial charge in [0, 0.05) is 19.0 Å². The van der Waals surface area contributed by atoms with Crippen LogP contribution >= 0.6 is 0 Å². The number of alkyl halides is 1. The predicted octanol–water partition coefficient (Wildman–Crippen LogP) is 1.65. The van der Waals surface area contributed by atoms with E-state index in [1.807, 2.05) is 29.9 Å². The van der Waals surface area contributed by atoms with Crippen LogP contribution in [-0.4, -0.2) is 35.1 Å². The van der Waals surface area contributed by atoms with Gasteiger partial charge in [-0.25, -0.2) is 4.39 Å². The molecule has 0 aliphatic carbocycles. The highest BCUT2D eigenvalue weighted by atomic mass is 19.1. The number of hydrogen-bond acceptors (Lipinski definition) is 3. The second kappa shape index (κ2) is 4.57. The lowest BCUT2D eigenvalue weighted by molar-refractivity contribution is 0.0733. The Morgan fingerprint density at radius 2 is 2.39 bits per heavy atom. The Labute approximate surface area is 105 Å². The summed E-state index contributed by atoms with van der Waals surface area (Å²) < 4.78 is 21.2. The first-order valence-corrected chi connectivity index (χ1v) is 6.17. The highest BCUT2D eigenvalue weighted by Gasteiger charge is 2.26. The lowest BCUT2D eigenvalue weighted by Crippen LogP contribution is -2.44. The van der Waals surface area contributed by atoms with Gasteiger partial charge in [-0.15, -0.1) is 0 Å². The molecule has 4 nitrogen and oxygen atoms in total. The summed E-state index contributed by atoms with van der Waals surface area (Å²) in [6, 6.07) is 5.74. The average molecular weight is 249 g/mol. The van der Waals surface area contributed by atoms with Crippen molar-refractivity contribution in [1.82, 2.24) is 15.1 Å². The highest BCUT2D eigenvalue weighted by Crippen LogP contribution is 2.23. The molecule has 1 saturated heterocycles. The van der Waals surface area contributed by atoms with Crippen molar-refractivity contribution < 1.29 is 9.13 Å². The molecule has 1 fully saturated rings. The van der Waals surface area contributed by atoms with Crippen LogP contribution in [0.25, 0.3) is 10.9 Å². The van der Waals surface area contributed by atoms with Gasteiger partial charge < -0.3 is 10.1 Å². The number of nitrogens with zero attached hydrogens (tertiary/aromatic N) is 2. The number of nitrogens with one attached hydrogen (secondary N) is 1. The summed E-state index contributed by atoms with van der Waals surface area (Å²) in [5, 5.41) is 8.20. The number of hydrogen-bond donors (Lipinski definition) is 1. The third-order valence-corrected chi connectivity index (χ3v) is 3.35. The van der Waals surface area contributed by atoms with Gasteiger partial charge in [0.15, 0.2) is 0 Å². The number of aromatic nitrogens is 2. The Bertz CT molecular complexity index is 554. The molecule has 1 N–H and O–H groups in total. The van der Waals surface area contributed by atoms with Crippen molar-refractivity contribution in [3.63, 3.8) is 0 Å². The number of fused-ring (bicyclic) bond motifs is 1. The second-order valence-corrected chi connectivity index (χ2v) is 4.65. The fourth-order valence-electron chi connectivity index (χ4n) is 2.32. The van der Waals surface area contributed by atoms with Gasteiger partial charge in [-0.3, -0.25) is 4.68 Å². The fourth-order valence-corrected chi connectivity index (χ4v) is 2.32. The van der Waals surface area contributed by atoms with E-state index in [0.29, 0.717) is 18.7 Å². The summed E-state index contributed by atoms with van der Waals surface area (Å²) >= 11 is 0. The average Bonchev–Trinajstić information content (AvgIpc) is 2.74. The van der Waals surface area contributed by atoms with E-state index in [1.54, 1.807) is 6.20 Å². The number of ether oxygens (including phenoxy) is 1.